The summed E-state index contributed by atoms with van der Waals surface area (Å²) in [4.78, 5) is 12.7. The standard InChI is InChI=1S/C22H21ClN2O4S/c1-15-8-11-17(12-9-15)29-20-7-5-4-6-19(20)24-22(26)16-10-13-18(23)21(14-16)30(27,28)25(2)3/h4-14H,1-3H3,(H,24,26). The molecule has 0 saturated carbocycles. The summed E-state index contributed by atoms with van der Waals surface area (Å²) >= 11 is 6.06. The molecule has 0 aliphatic heterocycles. The van der Waals surface area contributed by atoms with Gasteiger partial charge in [-0.1, -0.05) is 41.4 Å². The van der Waals surface area contributed by atoms with Crippen LogP contribution in [0.4, 0.5) is 5.69 Å². The Morgan fingerprint density at radius 2 is 1.67 bits per heavy atom. The summed E-state index contributed by atoms with van der Waals surface area (Å²) in [7, 11) is -0.992. The van der Waals surface area contributed by atoms with Crippen molar-refractivity contribution in [1.82, 2.24) is 4.31 Å². The van der Waals surface area contributed by atoms with Gasteiger partial charge in [0, 0.05) is 19.7 Å². The molecule has 0 aliphatic carbocycles. The Balaban J connectivity index is 1.88. The molecule has 0 heterocycles. The molecule has 0 bridgehead atoms. The summed E-state index contributed by atoms with van der Waals surface area (Å²) < 4.78 is 31.8. The lowest BCUT2D eigenvalue weighted by Gasteiger charge is -2.15. The van der Waals surface area contributed by atoms with E-state index < -0.39 is 15.9 Å². The molecular weight excluding hydrogens is 424 g/mol. The zero-order valence-electron chi connectivity index (χ0n) is 16.7. The lowest BCUT2D eigenvalue weighted by molar-refractivity contribution is 0.102. The van der Waals surface area contributed by atoms with Crippen molar-refractivity contribution >= 4 is 33.2 Å². The Morgan fingerprint density at radius 3 is 2.33 bits per heavy atom. The Bertz CT molecular complexity index is 1180. The molecule has 1 N–H and O–H groups in total. The smallest absolute Gasteiger partial charge is 0.255 e. The van der Waals surface area contributed by atoms with Crippen LogP contribution in [0.5, 0.6) is 11.5 Å². The number of nitrogens with one attached hydrogen (secondary N) is 1. The molecule has 1 amide bonds. The fourth-order valence-electron chi connectivity index (χ4n) is 2.63. The maximum Gasteiger partial charge on any atom is 0.255 e. The number of anilines is 1. The first-order valence-electron chi connectivity index (χ1n) is 9.05. The van der Waals surface area contributed by atoms with Crippen molar-refractivity contribution in [2.24, 2.45) is 0 Å². The van der Waals surface area contributed by atoms with E-state index in [1.54, 1.807) is 24.3 Å². The molecule has 0 aliphatic rings. The van der Waals surface area contributed by atoms with Crippen LogP contribution < -0.4 is 10.1 Å². The molecule has 0 saturated heterocycles. The number of hydrogen-bond acceptors (Lipinski definition) is 4. The van der Waals surface area contributed by atoms with Gasteiger partial charge in [0.05, 0.1) is 10.7 Å². The number of ether oxygens (including phenoxy) is 1. The Hall–Kier alpha value is -2.87. The van der Waals surface area contributed by atoms with E-state index in [4.69, 9.17) is 16.3 Å². The lowest BCUT2D eigenvalue weighted by atomic mass is 10.2. The van der Waals surface area contributed by atoms with Crippen molar-refractivity contribution in [2.45, 2.75) is 11.8 Å². The molecule has 30 heavy (non-hydrogen) atoms. The largest absolute Gasteiger partial charge is 0.455 e. The number of sulfonamides is 1. The van der Waals surface area contributed by atoms with Gasteiger partial charge in [-0.2, -0.15) is 0 Å². The number of carbonyl (C=O) groups is 1. The van der Waals surface area contributed by atoms with Crippen LogP contribution in [0.3, 0.4) is 0 Å². The first-order chi connectivity index (χ1) is 14.2. The van der Waals surface area contributed by atoms with E-state index in [1.165, 1.54) is 32.3 Å². The number of nitrogens with zero attached hydrogens (tertiary/aromatic N) is 1. The first-order valence-corrected chi connectivity index (χ1v) is 10.9. The second-order valence-corrected chi connectivity index (χ2v) is 9.33. The van der Waals surface area contributed by atoms with Crippen LogP contribution in [-0.4, -0.2) is 32.7 Å². The molecule has 0 spiro atoms. The van der Waals surface area contributed by atoms with Crippen LogP contribution in [0.2, 0.25) is 5.02 Å². The maximum atomic E-state index is 12.8. The van der Waals surface area contributed by atoms with E-state index >= 15 is 0 Å². The zero-order chi connectivity index (χ0) is 21.9. The Kier molecular flexibility index (Phi) is 6.45. The lowest BCUT2D eigenvalue weighted by Crippen LogP contribution is -2.23. The predicted molar refractivity (Wildman–Crippen MR) is 118 cm³/mol. The van der Waals surface area contributed by atoms with Crippen molar-refractivity contribution in [3.63, 3.8) is 0 Å². The van der Waals surface area contributed by atoms with E-state index in [0.717, 1.165) is 9.87 Å². The third-order valence-electron chi connectivity index (χ3n) is 4.34. The highest BCUT2D eigenvalue weighted by Crippen LogP contribution is 2.30. The molecule has 0 aromatic heterocycles. The highest BCUT2D eigenvalue weighted by molar-refractivity contribution is 7.89. The van der Waals surface area contributed by atoms with Gasteiger partial charge in [0.15, 0.2) is 5.75 Å². The molecule has 0 fully saturated rings. The Labute approximate surface area is 181 Å². The fourth-order valence-corrected chi connectivity index (χ4v) is 4.02. The highest BCUT2D eigenvalue weighted by atomic mass is 35.5. The van der Waals surface area contributed by atoms with Crippen molar-refractivity contribution in [3.8, 4) is 11.5 Å². The molecule has 0 atom stereocenters. The molecule has 156 valence electrons. The molecule has 0 unspecified atom stereocenters. The minimum atomic E-state index is -3.79. The number of benzene rings is 3. The number of amides is 1. The maximum absolute atomic E-state index is 12.8. The summed E-state index contributed by atoms with van der Waals surface area (Å²) in [6.07, 6.45) is 0. The summed E-state index contributed by atoms with van der Waals surface area (Å²) in [6.45, 7) is 1.98. The molecule has 3 rings (SSSR count). The number of rotatable bonds is 6. The number of para-hydroxylation sites is 2. The highest BCUT2D eigenvalue weighted by Gasteiger charge is 2.22. The second kappa shape index (κ2) is 8.87. The first kappa shape index (κ1) is 21.8. The third-order valence-corrected chi connectivity index (χ3v) is 6.63. The minimum Gasteiger partial charge on any atom is -0.455 e. The topological polar surface area (TPSA) is 75.7 Å². The number of carbonyl (C=O) groups excluding carboxylic acids is 1. The van der Waals surface area contributed by atoms with Crippen molar-refractivity contribution < 1.29 is 17.9 Å². The zero-order valence-corrected chi connectivity index (χ0v) is 18.3. The third kappa shape index (κ3) is 4.81. The minimum absolute atomic E-state index is 0.0448. The van der Waals surface area contributed by atoms with Crippen molar-refractivity contribution in [2.75, 3.05) is 19.4 Å². The van der Waals surface area contributed by atoms with Crippen LogP contribution in [0, 0.1) is 6.92 Å². The average molecular weight is 445 g/mol. The van der Waals surface area contributed by atoms with Crippen LogP contribution in [-0.2, 0) is 10.0 Å². The second-order valence-electron chi connectivity index (χ2n) is 6.80. The van der Waals surface area contributed by atoms with E-state index in [1.807, 2.05) is 31.2 Å². The summed E-state index contributed by atoms with van der Waals surface area (Å²) in [6, 6.07) is 18.7. The average Bonchev–Trinajstić information content (AvgIpc) is 2.71. The molecule has 3 aromatic rings. The van der Waals surface area contributed by atoms with Gasteiger partial charge < -0.3 is 10.1 Å². The van der Waals surface area contributed by atoms with Gasteiger partial charge in [0.25, 0.3) is 5.91 Å². The van der Waals surface area contributed by atoms with Gasteiger partial charge in [0.1, 0.15) is 10.6 Å². The Morgan fingerprint density at radius 1 is 1.00 bits per heavy atom. The van der Waals surface area contributed by atoms with E-state index in [9.17, 15) is 13.2 Å². The molecule has 3 aromatic carbocycles. The van der Waals surface area contributed by atoms with Gasteiger partial charge in [-0.15, -0.1) is 0 Å². The van der Waals surface area contributed by atoms with Crippen LogP contribution in [0.15, 0.2) is 71.6 Å². The van der Waals surface area contributed by atoms with Crippen molar-refractivity contribution in [1.29, 1.82) is 0 Å². The molecule has 6 nitrogen and oxygen atoms in total. The van der Waals surface area contributed by atoms with Gasteiger partial charge >= 0.3 is 0 Å². The van der Waals surface area contributed by atoms with E-state index in [-0.39, 0.29) is 15.5 Å². The normalized spacial score (nSPS) is 11.4. The number of aryl methyl sites for hydroxylation is 1. The SMILES string of the molecule is Cc1ccc(Oc2ccccc2NC(=O)c2ccc(Cl)c(S(=O)(=O)N(C)C)c2)cc1. The van der Waals surface area contributed by atoms with Crippen LogP contribution in [0.25, 0.3) is 0 Å². The molecular formula is C22H21ClN2O4S. The summed E-state index contributed by atoms with van der Waals surface area (Å²) in [5.74, 6) is 0.611. The van der Waals surface area contributed by atoms with Crippen LogP contribution in [0.1, 0.15) is 15.9 Å². The fraction of sp³-hybridized carbons (Fsp3) is 0.136. The van der Waals surface area contributed by atoms with Crippen LogP contribution >= 0.6 is 11.6 Å². The predicted octanol–water partition coefficient (Wildman–Crippen LogP) is 4.94. The summed E-state index contributed by atoms with van der Waals surface area (Å²) in [5, 5.41) is 2.82. The van der Waals surface area contributed by atoms with Gasteiger partial charge in [-0.3, -0.25) is 4.79 Å². The quantitative estimate of drug-likeness (QED) is 0.584. The van der Waals surface area contributed by atoms with Crippen molar-refractivity contribution in [3.05, 3.63) is 82.9 Å². The van der Waals surface area contributed by atoms with E-state index in [0.29, 0.717) is 17.2 Å². The molecule has 0 radical (unpaired) electrons. The van der Waals surface area contributed by atoms with Gasteiger partial charge in [-0.05, 0) is 49.4 Å². The molecule has 8 heteroatoms. The monoisotopic (exact) mass is 444 g/mol. The van der Waals surface area contributed by atoms with E-state index in [2.05, 4.69) is 5.32 Å². The number of halogens is 1. The van der Waals surface area contributed by atoms with Gasteiger partial charge in [-0.25, -0.2) is 12.7 Å². The number of hydrogen-bond donors (Lipinski definition) is 1. The van der Waals surface area contributed by atoms with Gasteiger partial charge in [0.2, 0.25) is 10.0 Å². The summed E-state index contributed by atoms with van der Waals surface area (Å²) in [5.41, 5.74) is 1.72.